The van der Waals surface area contributed by atoms with E-state index in [0.29, 0.717) is 16.6 Å². The van der Waals surface area contributed by atoms with Crippen molar-refractivity contribution in [1.82, 2.24) is 0 Å². The van der Waals surface area contributed by atoms with Gasteiger partial charge in [-0.2, -0.15) is 0 Å². The number of ether oxygens (including phenoxy) is 1. The standard InChI is InChI=1S/C20H23ClN2O2/c1-13-12-20(2,3)23(18-11-16(25-4)9-10-17(13)18)19(24)22-15-7-5-14(21)6-8-15/h5-11,13H,12H2,1-4H3,(H,22,24). The average Bonchev–Trinajstić information content (AvgIpc) is 2.55. The van der Waals surface area contributed by atoms with E-state index in [1.54, 1.807) is 31.4 Å². The fraction of sp³-hybridized carbons (Fsp3) is 0.350. The Balaban J connectivity index is 1.99. The van der Waals surface area contributed by atoms with Crippen LogP contribution in [0.2, 0.25) is 5.02 Å². The second kappa shape index (κ2) is 6.60. The summed E-state index contributed by atoms with van der Waals surface area (Å²) in [7, 11) is 1.64. The van der Waals surface area contributed by atoms with Crippen molar-refractivity contribution < 1.29 is 9.53 Å². The van der Waals surface area contributed by atoms with Crippen LogP contribution in [-0.4, -0.2) is 18.7 Å². The zero-order valence-corrected chi connectivity index (χ0v) is 15.7. The van der Waals surface area contributed by atoms with E-state index in [2.05, 4.69) is 32.2 Å². The van der Waals surface area contributed by atoms with E-state index in [0.717, 1.165) is 23.4 Å². The number of anilines is 2. The van der Waals surface area contributed by atoms with E-state index in [4.69, 9.17) is 16.3 Å². The second-order valence-electron chi connectivity index (χ2n) is 7.11. The number of nitrogens with one attached hydrogen (secondary N) is 1. The third kappa shape index (κ3) is 3.45. The molecule has 1 heterocycles. The van der Waals surface area contributed by atoms with E-state index >= 15 is 0 Å². The molecule has 0 radical (unpaired) electrons. The quantitative estimate of drug-likeness (QED) is 0.751. The van der Waals surface area contributed by atoms with Crippen molar-refractivity contribution in [3.63, 3.8) is 0 Å². The first-order chi connectivity index (χ1) is 11.8. The summed E-state index contributed by atoms with van der Waals surface area (Å²) < 4.78 is 5.37. The molecule has 1 aliphatic heterocycles. The summed E-state index contributed by atoms with van der Waals surface area (Å²) in [5.74, 6) is 1.11. The molecule has 0 spiro atoms. The molecule has 1 N–H and O–H groups in total. The van der Waals surface area contributed by atoms with Crippen molar-refractivity contribution in [2.24, 2.45) is 0 Å². The van der Waals surface area contributed by atoms with Gasteiger partial charge in [0.05, 0.1) is 12.8 Å². The van der Waals surface area contributed by atoms with Gasteiger partial charge < -0.3 is 10.1 Å². The van der Waals surface area contributed by atoms with E-state index in [1.165, 1.54) is 0 Å². The number of urea groups is 1. The maximum absolute atomic E-state index is 13.1. The highest BCUT2D eigenvalue weighted by Gasteiger charge is 2.40. The summed E-state index contributed by atoms with van der Waals surface area (Å²) in [4.78, 5) is 14.9. The van der Waals surface area contributed by atoms with E-state index in [9.17, 15) is 4.79 Å². The Morgan fingerprint density at radius 3 is 2.56 bits per heavy atom. The Hall–Kier alpha value is -2.20. The zero-order chi connectivity index (χ0) is 18.2. The monoisotopic (exact) mass is 358 g/mol. The Kier molecular flexibility index (Phi) is 4.65. The molecule has 25 heavy (non-hydrogen) atoms. The highest BCUT2D eigenvalue weighted by atomic mass is 35.5. The lowest BCUT2D eigenvalue weighted by Gasteiger charge is -2.45. The molecule has 0 saturated heterocycles. The van der Waals surface area contributed by atoms with Gasteiger partial charge in [-0.1, -0.05) is 24.6 Å². The van der Waals surface area contributed by atoms with Crippen LogP contribution < -0.4 is 15.0 Å². The van der Waals surface area contributed by atoms with Gasteiger partial charge in [0.15, 0.2) is 0 Å². The number of halogens is 1. The lowest BCUT2D eigenvalue weighted by atomic mass is 9.80. The third-order valence-electron chi connectivity index (χ3n) is 4.72. The van der Waals surface area contributed by atoms with Crippen LogP contribution in [0, 0.1) is 0 Å². The summed E-state index contributed by atoms with van der Waals surface area (Å²) in [5, 5.41) is 3.61. The highest BCUT2D eigenvalue weighted by Crippen LogP contribution is 2.44. The molecule has 1 atom stereocenters. The van der Waals surface area contributed by atoms with E-state index in [1.807, 2.05) is 17.0 Å². The van der Waals surface area contributed by atoms with Crippen molar-refractivity contribution in [2.75, 3.05) is 17.3 Å². The molecule has 0 saturated carbocycles. The summed E-state index contributed by atoms with van der Waals surface area (Å²) in [6, 6.07) is 12.9. The zero-order valence-electron chi connectivity index (χ0n) is 15.0. The Labute approximate surface area is 153 Å². The van der Waals surface area contributed by atoms with Crippen LogP contribution in [0.3, 0.4) is 0 Å². The topological polar surface area (TPSA) is 41.6 Å². The number of amides is 2. The van der Waals surface area contributed by atoms with Gasteiger partial charge >= 0.3 is 6.03 Å². The van der Waals surface area contributed by atoms with Crippen LogP contribution in [0.1, 0.15) is 38.7 Å². The molecule has 0 aliphatic carbocycles. The fourth-order valence-corrected chi connectivity index (χ4v) is 3.76. The molecule has 132 valence electrons. The molecule has 2 aromatic carbocycles. The maximum Gasteiger partial charge on any atom is 0.326 e. The second-order valence-corrected chi connectivity index (χ2v) is 7.55. The minimum atomic E-state index is -0.310. The molecule has 4 nitrogen and oxygen atoms in total. The van der Waals surface area contributed by atoms with Crippen molar-refractivity contribution in [3.05, 3.63) is 53.1 Å². The molecule has 3 rings (SSSR count). The first-order valence-electron chi connectivity index (χ1n) is 8.36. The number of hydrogen-bond acceptors (Lipinski definition) is 2. The fourth-order valence-electron chi connectivity index (χ4n) is 3.63. The van der Waals surface area contributed by atoms with Crippen molar-refractivity contribution >= 4 is 29.0 Å². The molecular formula is C20H23ClN2O2. The minimum absolute atomic E-state index is 0.159. The number of hydrogen-bond donors (Lipinski definition) is 1. The number of fused-ring (bicyclic) bond motifs is 1. The number of benzene rings is 2. The number of nitrogens with zero attached hydrogens (tertiary/aromatic N) is 1. The van der Waals surface area contributed by atoms with Crippen LogP contribution >= 0.6 is 11.6 Å². The predicted octanol–water partition coefficient (Wildman–Crippen LogP) is 5.67. The molecule has 1 unspecified atom stereocenters. The van der Waals surface area contributed by atoms with Crippen LogP contribution in [-0.2, 0) is 0 Å². The van der Waals surface area contributed by atoms with Crippen molar-refractivity contribution in [1.29, 1.82) is 0 Å². The molecule has 0 fully saturated rings. The minimum Gasteiger partial charge on any atom is -0.497 e. The SMILES string of the molecule is COc1ccc2c(c1)N(C(=O)Nc1ccc(Cl)cc1)C(C)(C)CC2C. The molecule has 0 bridgehead atoms. The third-order valence-corrected chi connectivity index (χ3v) is 4.97. The number of carbonyl (C=O) groups is 1. The Morgan fingerprint density at radius 1 is 1.24 bits per heavy atom. The van der Waals surface area contributed by atoms with Gasteiger partial charge in [0, 0.05) is 22.3 Å². The average molecular weight is 359 g/mol. The largest absolute Gasteiger partial charge is 0.497 e. The van der Waals surface area contributed by atoms with E-state index < -0.39 is 0 Å². The van der Waals surface area contributed by atoms with Gasteiger partial charge in [-0.25, -0.2) is 4.79 Å². The number of rotatable bonds is 2. The molecule has 2 aromatic rings. The Morgan fingerprint density at radius 2 is 1.92 bits per heavy atom. The van der Waals surface area contributed by atoms with Crippen LogP contribution in [0.5, 0.6) is 5.75 Å². The summed E-state index contributed by atoms with van der Waals surface area (Å²) in [6.45, 7) is 6.38. The molecule has 1 aliphatic rings. The Bertz CT molecular complexity index is 787. The first-order valence-corrected chi connectivity index (χ1v) is 8.74. The van der Waals surface area contributed by atoms with E-state index in [-0.39, 0.29) is 11.6 Å². The normalized spacial score (nSPS) is 18.4. The number of methoxy groups -OCH3 is 1. The smallest absolute Gasteiger partial charge is 0.326 e. The van der Waals surface area contributed by atoms with Crippen LogP contribution in [0.15, 0.2) is 42.5 Å². The van der Waals surface area contributed by atoms with Crippen molar-refractivity contribution in [3.8, 4) is 5.75 Å². The molecule has 2 amide bonds. The number of carbonyl (C=O) groups excluding carboxylic acids is 1. The molecular weight excluding hydrogens is 336 g/mol. The van der Waals surface area contributed by atoms with Gasteiger partial charge in [0.2, 0.25) is 0 Å². The summed E-state index contributed by atoms with van der Waals surface area (Å²) >= 11 is 5.92. The van der Waals surface area contributed by atoms with Gasteiger partial charge in [0.25, 0.3) is 0 Å². The predicted molar refractivity (Wildman–Crippen MR) is 103 cm³/mol. The lowest BCUT2D eigenvalue weighted by molar-refractivity contribution is 0.247. The van der Waals surface area contributed by atoms with Crippen molar-refractivity contribution in [2.45, 2.75) is 38.6 Å². The summed E-state index contributed by atoms with van der Waals surface area (Å²) in [6.07, 6.45) is 0.889. The van der Waals surface area contributed by atoms with Gasteiger partial charge in [-0.15, -0.1) is 0 Å². The van der Waals surface area contributed by atoms with Gasteiger partial charge in [0.1, 0.15) is 5.75 Å². The molecule has 5 heteroatoms. The van der Waals surface area contributed by atoms with Gasteiger partial charge in [-0.05, 0) is 62.1 Å². The highest BCUT2D eigenvalue weighted by molar-refractivity contribution is 6.30. The van der Waals surface area contributed by atoms with Crippen LogP contribution in [0.4, 0.5) is 16.2 Å². The maximum atomic E-state index is 13.1. The lowest BCUT2D eigenvalue weighted by Crippen LogP contribution is -2.53. The molecule has 0 aromatic heterocycles. The summed E-state index contributed by atoms with van der Waals surface area (Å²) in [5.41, 5.74) is 2.46. The first kappa shape index (κ1) is 17.6. The van der Waals surface area contributed by atoms with Gasteiger partial charge in [-0.3, -0.25) is 4.90 Å². The van der Waals surface area contributed by atoms with Crippen LogP contribution in [0.25, 0.3) is 0 Å².